The van der Waals surface area contributed by atoms with Crippen LogP contribution in [0, 0.1) is 0 Å². The highest BCUT2D eigenvalue weighted by Crippen LogP contribution is 2.10. The van der Waals surface area contributed by atoms with E-state index in [0.717, 1.165) is 25.9 Å². The van der Waals surface area contributed by atoms with Crippen LogP contribution in [-0.4, -0.2) is 54.8 Å². The minimum absolute atomic E-state index is 0.0929. The first-order valence-corrected chi connectivity index (χ1v) is 7.16. The van der Waals surface area contributed by atoms with Crippen LogP contribution in [0.1, 0.15) is 12.8 Å². The second-order valence-corrected chi connectivity index (χ2v) is 5.43. The molecular formula is C15H22N4O2. The molecule has 0 unspecified atom stereocenters. The molecule has 6 heteroatoms. The zero-order valence-electron chi connectivity index (χ0n) is 12.3. The second kappa shape index (κ2) is 7.08. The molecule has 1 aromatic carbocycles. The summed E-state index contributed by atoms with van der Waals surface area (Å²) in [5.74, 6) is -0.0493. The first-order chi connectivity index (χ1) is 10.0. The van der Waals surface area contributed by atoms with Crippen molar-refractivity contribution in [3.8, 4) is 0 Å². The van der Waals surface area contributed by atoms with E-state index in [1.807, 2.05) is 4.90 Å². The number of benzene rings is 1. The van der Waals surface area contributed by atoms with Crippen molar-refractivity contribution >= 4 is 23.2 Å². The highest BCUT2D eigenvalue weighted by molar-refractivity contribution is 5.92. The summed E-state index contributed by atoms with van der Waals surface area (Å²) in [7, 11) is 1.77. The van der Waals surface area contributed by atoms with Crippen LogP contribution in [0.3, 0.4) is 0 Å². The average Bonchev–Trinajstić information content (AvgIpc) is 2.95. The molecule has 0 spiro atoms. The monoisotopic (exact) mass is 290 g/mol. The van der Waals surface area contributed by atoms with E-state index < -0.39 is 0 Å². The summed E-state index contributed by atoms with van der Waals surface area (Å²) in [6.07, 6.45) is 2.15. The van der Waals surface area contributed by atoms with E-state index in [0.29, 0.717) is 11.4 Å². The van der Waals surface area contributed by atoms with Gasteiger partial charge in [0, 0.05) is 24.5 Å². The lowest BCUT2D eigenvalue weighted by molar-refractivity contribution is -0.131. The number of rotatable bonds is 5. The lowest BCUT2D eigenvalue weighted by Gasteiger charge is -2.20. The maximum absolute atomic E-state index is 12.0. The van der Waals surface area contributed by atoms with Crippen LogP contribution < -0.4 is 11.1 Å². The minimum Gasteiger partial charge on any atom is -0.399 e. The molecule has 6 nitrogen and oxygen atoms in total. The number of carbonyl (C=O) groups excluding carboxylic acids is 2. The molecule has 3 N–H and O–H groups in total. The number of amides is 2. The van der Waals surface area contributed by atoms with Crippen molar-refractivity contribution in [2.24, 2.45) is 0 Å². The lowest BCUT2D eigenvalue weighted by Crippen LogP contribution is -2.40. The number of likely N-dealkylation sites (N-methyl/N-ethyl adjacent to an activating group) is 1. The van der Waals surface area contributed by atoms with Gasteiger partial charge in [-0.25, -0.2) is 0 Å². The van der Waals surface area contributed by atoms with E-state index in [2.05, 4.69) is 5.32 Å². The van der Waals surface area contributed by atoms with Gasteiger partial charge < -0.3 is 16.0 Å². The molecule has 0 saturated carbocycles. The highest BCUT2D eigenvalue weighted by atomic mass is 16.2. The Balaban J connectivity index is 1.76. The van der Waals surface area contributed by atoms with Gasteiger partial charge in [0.25, 0.3) is 0 Å². The molecule has 1 aliphatic rings. The van der Waals surface area contributed by atoms with Gasteiger partial charge in [-0.05, 0) is 44.2 Å². The van der Waals surface area contributed by atoms with Crippen LogP contribution in [-0.2, 0) is 9.59 Å². The van der Waals surface area contributed by atoms with Gasteiger partial charge in [0.1, 0.15) is 0 Å². The Labute approximate surface area is 124 Å². The Morgan fingerprint density at radius 1 is 1.19 bits per heavy atom. The molecule has 0 radical (unpaired) electrons. The molecular weight excluding hydrogens is 268 g/mol. The predicted molar refractivity (Wildman–Crippen MR) is 82.8 cm³/mol. The van der Waals surface area contributed by atoms with Gasteiger partial charge in [-0.2, -0.15) is 0 Å². The molecule has 0 atom stereocenters. The van der Waals surface area contributed by atoms with Gasteiger partial charge in [-0.1, -0.05) is 0 Å². The third-order valence-corrected chi connectivity index (χ3v) is 3.47. The molecule has 114 valence electrons. The van der Waals surface area contributed by atoms with E-state index in [-0.39, 0.29) is 24.9 Å². The molecule has 0 aliphatic carbocycles. The maximum Gasteiger partial charge on any atom is 0.238 e. The number of nitrogen functional groups attached to an aromatic ring is 1. The Kier molecular flexibility index (Phi) is 5.16. The fourth-order valence-corrected chi connectivity index (χ4v) is 2.37. The van der Waals surface area contributed by atoms with Crippen molar-refractivity contribution in [1.82, 2.24) is 9.80 Å². The molecule has 1 aliphatic heterocycles. The van der Waals surface area contributed by atoms with Crippen molar-refractivity contribution in [3.63, 3.8) is 0 Å². The van der Waals surface area contributed by atoms with Crippen molar-refractivity contribution in [2.75, 3.05) is 44.3 Å². The Morgan fingerprint density at radius 3 is 2.43 bits per heavy atom. The van der Waals surface area contributed by atoms with Crippen molar-refractivity contribution in [3.05, 3.63) is 24.3 Å². The summed E-state index contributed by atoms with van der Waals surface area (Å²) in [4.78, 5) is 27.5. The van der Waals surface area contributed by atoms with Gasteiger partial charge in [0.15, 0.2) is 0 Å². The summed E-state index contributed by atoms with van der Waals surface area (Å²) in [5, 5.41) is 2.78. The molecule has 2 amide bonds. The number of hydrogen-bond acceptors (Lipinski definition) is 4. The maximum atomic E-state index is 12.0. The van der Waals surface area contributed by atoms with Gasteiger partial charge in [-0.3, -0.25) is 14.5 Å². The third kappa shape index (κ3) is 4.75. The number of nitrogens with zero attached hydrogens (tertiary/aromatic N) is 2. The van der Waals surface area contributed by atoms with E-state index in [4.69, 9.17) is 5.73 Å². The molecule has 0 bridgehead atoms. The number of anilines is 2. The Morgan fingerprint density at radius 2 is 1.81 bits per heavy atom. The average molecular weight is 290 g/mol. The third-order valence-electron chi connectivity index (χ3n) is 3.47. The molecule has 1 saturated heterocycles. The molecule has 2 rings (SSSR count). The number of likely N-dealkylation sites (tertiary alicyclic amines) is 1. The summed E-state index contributed by atoms with van der Waals surface area (Å²) in [6.45, 7) is 2.13. The molecule has 0 aromatic heterocycles. The van der Waals surface area contributed by atoms with Crippen molar-refractivity contribution < 1.29 is 9.59 Å². The Hall–Kier alpha value is -2.08. The summed E-state index contributed by atoms with van der Waals surface area (Å²) >= 11 is 0. The van der Waals surface area contributed by atoms with Crippen molar-refractivity contribution in [2.45, 2.75) is 12.8 Å². The highest BCUT2D eigenvalue weighted by Gasteiger charge is 2.19. The zero-order chi connectivity index (χ0) is 15.2. The van der Waals surface area contributed by atoms with Crippen molar-refractivity contribution in [1.29, 1.82) is 0 Å². The minimum atomic E-state index is -0.142. The lowest BCUT2D eigenvalue weighted by atomic mass is 10.3. The van der Waals surface area contributed by atoms with E-state index >= 15 is 0 Å². The molecule has 1 aromatic rings. The van der Waals surface area contributed by atoms with Crippen LogP contribution in [0.15, 0.2) is 24.3 Å². The number of hydrogen-bond donors (Lipinski definition) is 2. The second-order valence-electron chi connectivity index (χ2n) is 5.43. The fourth-order valence-electron chi connectivity index (χ4n) is 2.37. The quantitative estimate of drug-likeness (QED) is 0.785. The Bertz CT molecular complexity index is 495. The van der Waals surface area contributed by atoms with Gasteiger partial charge in [-0.15, -0.1) is 0 Å². The van der Waals surface area contributed by atoms with Crippen LogP contribution in [0.2, 0.25) is 0 Å². The SMILES string of the molecule is CN(CC(=O)Nc1ccc(N)cc1)CC(=O)N1CCCC1. The van der Waals surface area contributed by atoms with Crippen LogP contribution in [0.4, 0.5) is 11.4 Å². The van der Waals surface area contributed by atoms with Crippen LogP contribution in [0.5, 0.6) is 0 Å². The number of nitrogens with two attached hydrogens (primary N) is 1. The van der Waals surface area contributed by atoms with Crippen LogP contribution in [0.25, 0.3) is 0 Å². The van der Waals surface area contributed by atoms with Gasteiger partial charge >= 0.3 is 0 Å². The van der Waals surface area contributed by atoms with E-state index in [1.165, 1.54) is 0 Å². The standard InChI is InChI=1S/C15H22N4O2/c1-18(11-15(21)19-8-2-3-9-19)10-14(20)17-13-6-4-12(16)5-7-13/h4-7H,2-3,8-11,16H2,1H3,(H,17,20). The van der Waals surface area contributed by atoms with Gasteiger partial charge in [0.05, 0.1) is 13.1 Å². The number of carbonyl (C=O) groups is 2. The topological polar surface area (TPSA) is 78.7 Å². The summed E-state index contributed by atoms with van der Waals surface area (Å²) in [6, 6.07) is 6.97. The smallest absolute Gasteiger partial charge is 0.238 e. The van der Waals surface area contributed by atoms with E-state index in [1.54, 1.807) is 36.2 Å². The first kappa shape index (κ1) is 15.3. The predicted octanol–water partition coefficient (Wildman–Crippen LogP) is 0.761. The summed E-state index contributed by atoms with van der Waals surface area (Å²) < 4.78 is 0. The summed E-state index contributed by atoms with van der Waals surface area (Å²) in [5.41, 5.74) is 6.95. The zero-order valence-corrected chi connectivity index (χ0v) is 12.3. The van der Waals surface area contributed by atoms with Gasteiger partial charge in [0.2, 0.25) is 11.8 Å². The van der Waals surface area contributed by atoms with Crippen LogP contribution >= 0.6 is 0 Å². The fraction of sp³-hybridized carbons (Fsp3) is 0.467. The first-order valence-electron chi connectivity index (χ1n) is 7.16. The van der Waals surface area contributed by atoms with E-state index in [9.17, 15) is 9.59 Å². The normalized spacial score (nSPS) is 14.5. The number of nitrogens with one attached hydrogen (secondary N) is 1. The molecule has 21 heavy (non-hydrogen) atoms. The molecule has 1 heterocycles. The largest absolute Gasteiger partial charge is 0.399 e. The molecule has 1 fully saturated rings.